The Morgan fingerprint density at radius 1 is 1.10 bits per heavy atom. The number of aryl methyl sites for hydroxylation is 1. The molecule has 4 rings (SSSR count). The van der Waals surface area contributed by atoms with Gasteiger partial charge in [-0.3, -0.25) is 11.3 Å². The van der Waals surface area contributed by atoms with Gasteiger partial charge in [-0.1, -0.05) is 42.5 Å². The molecule has 2 aromatic carbocycles. The lowest BCUT2D eigenvalue weighted by molar-refractivity contribution is 0.277. The minimum absolute atomic E-state index is 0.118. The third kappa shape index (κ3) is 2.04. The van der Waals surface area contributed by atoms with E-state index in [9.17, 15) is 0 Å². The fourth-order valence-corrected chi connectivity index (χ4v) is 3.68. The van der Waals surface area contributed by atoms with Gasteiger partial charge in [0, 0.05) is 11.5 Å². The lowest BCUT2D eigenvalue weighted by atomic mass is 9.71. The van der Waals surface area contributed by atoms with Gasteiger partial charge in [0.15, 0.2) is 0 Å². The molecule has 0 amide bonds. The Balaban J connectivity index is 1.72. The molecule has 0 fully saturated rings. The number of ether oxygens (including phenoxy) is 1. The van der Waals surface area contributed by atoms with Crippen LogP contribution in [-0.4, -0.2) is 6.61 Å². The zero-order chi connectivity index (χ0) is 14.2. The number of para-hydroxylation sites is 1. The van der Waals surface area contributed by atoms with Crippen molar-refractivity contribution in [3.05, 3.63) is 64.7 Å². The minimum atomic E-state index is 0.118. The lowest BCUT2D eigenvalue weighted by Crippen LogP contribution is -2.37. The molecule has 3 heteroatoms. The number of fused-ring (bicyclic) bond motifs is 2. The third-order valence-electron chi connectivity index (χ3n) is 4.78. The maximum absolute atomic E-state index is 5.95. The molecule has 2 aliphatic rings. The van der Waals surface area contributed by atoms with Crippen LogP contribution in [0, 0.1) is 0 Å². The highest BCUT2D eigenvalue weighted by molar-refractivity contribution is 5.49. The predicted octanol–water partition coefficient (Wildman–Crippen LogP) is 2.86. The molecule has 0 radical (unpaired) electrons. The molecular formula is C18H20N2O. The summed E-state index contributed by atoms with van der Waals surface area (Å²) in [6, 6.07) is 15.2. The van der Waals surface area contributed by atoms with Gasteiger partial charge >= 0.3 is 0 Å². The van der Waals surface area contributed by atoms with Crippen molar-refractivity contribution < 1.29 is 4.74 Å². The molecule has 0 aromatic heterocycles. The fourth-order valence-electron chi connectivity index (χ4n) is 3.68. The van der Waals surface area contributed by atoms with Crippen molar-refractivity contribution in [2.24, 2.45) is 5.84 Å². The van der Waals surface area contributed by atoms with Crippen molar-refractivity contribution in [3.63, 3.8) is 0 Å². The SMILES string of the molecule is NNC(c1cccc2c1OCCC2)C1Cc2ccccc21. The largest absolute Gasteiger partial charge is 0.493 e. The second kappa shape index (κ2) is 5.17. The second-order valence-electron chi connectivity index (χ2n) is 5.94. The molecule has 0 spiro atoms. The summed E-state index contributed by atoms with van der Waals surface area (Å²) in [5.74, 6) is 7.39. The first-order valence-electron chi connectivity index (χ1n) is 7.67. The van der Waals surface area contributed by atoms with E-state index in [0.29, 0.717) is 5.92 Å². The third-order valence-corrected chi connectivity index (χ3v) is 4.78. The Morgan fingerprint density at radius 2 is 1.95 bits per heavy atom. The monoisotopic (exact) mass is 280 g/mol. The Morgan fingerprint density at radius 3 is 2.81 bits per heavy atom. The first kappa shape index (κ1) is 12.9. The molecule has 3 N–H and O–H groups in total. The number of hydrogen-bond acceptors (Lipinski definition) is 3. The number of hydrogen-bond donors (Lipinski definition) is 2. The van der Waals surface area contributed by atoms with Crippen LogP contribution < -0.4 is 16.0 Å². The molecular weight excluding hydrogens is 260 g/mol. The summed E-state index contributed by atoms with van der Waals surface area (Å²) < 4.78 is 5.95. The molecule has 1 heterocycles. The molecule has 0 saturated heterocycles. The average molecular weight is 280 g/mol. The van der Waals surface area contributed by atoms with Crippen LogP contribution in [0.3, 0.4) is 0 Å². The molecule has 2 unspecified atom stereocenters. The van der Waals surface area contributed by atoms with E-state index in [1.165, 1.54) is 22.3 Å². The van der Waals surface area contributed by atoms with Gasteiger partial charge in [0.2, 0.25) is 0 Å². The van der Waals surface area contributed by atoms with Crippen LogP contribution in [0.25, 0.3) is 0 Å². The number of benzene rings is 2. The highest BCUT2D eigenvalue weighted by atomic mass is 16.5. The molecule has 1 aliphatic heterocycles. The summed E-state index contributed by atoms with van der Waals surface area (Å²) in [4.78, 5) is 0. The summed E-state index contributed by atoms with van der Waals surface area (Å²) in [5.41, 5.74) is 8.40. The first-order valence-corrected chi connectivity index (χ1v) is 7.67. The topological polar surface area (TPSA) is 47.3 Å². The normalized spacial score (nSPS) is 20.7. The van der Waals surface area contributed by atoms with Gasteiger partial charge in [-0.05, 0) is 36.0 Å². The lowest BCUT2D eigenvalue weighted by Gasteiger charge is -2.37. The van der Waals surface area contributed by atoms with Crippen LogP contribution in [-0.2, 0) is 12.8 Å². The summed E-state index contributed by atoms with van der Waals surface area (Å²) in [6.45, 7) is 0.808. The van der Waals surface area contributed by atoms with E-state index < -0.39 is 0 Å². The summed E-state index contributed by atoms with van der Waals surface area (Å²) >= 11 is 0. The second-order valence-corrected chi connectivity index (χ2v) is 5.94. The number of rotatable bonds is 3. The molecule has 21 heavy (non-hydrogen) atoms. The maximum Gasteiger partial charge on any atom is 0.127 e. The molecule has 108 valence electrons. The Kier molecular flexibility index (Phi) is 3.17. The van der Waals surface area contributed by atoms with Gasteiger partial charge in [0.25, 0.3) is 0 Å². The number of nitrogens with two attached hydrogens (primary N) is 1. The van der Waals surface area contributed by atoms with Crippen molar-refractivity contribution >= 4 is 0 Å². The zero-order valence-corrected chi connectivity index (χ0v) is 12.0. The van der Waals surface area contributed by atoms with Crippen LogP contribution >= 0.6 is 0 Å². The smallest absolute Gasteiger partial charge is 0.127 e. The Bertz CT molecular complexity index is 668. The van der Waals surface area contributed by atoms with Gasteiger partial charge in [0.1, 0.15) is 5.75 Å². The summed E-state index contributed by atoms with van der Waals surface area (Å²) in [7, 11) is 0. The molecule has 2 aromatic rings. The van der Waals surface area contributed by atoms with Crippen molar-refractivity contribution in [2.75, 3.05) is 6.61 Å². The molecule has 0 saturated carbocycles. The van der Waals surface area contributed by atoms with Gasteiger partial charge in [0.05, 0.1) is 12.6 Å². The average Bonchev–Trinajstić information content (AvgIpc) is 2.52. The quantitative estimate of drug-likeness (QED) is 0.671. The van der Waals surface area contributed by atoms with Crippen LogP contribution in [0.2, 0.25) is 0 Å². The van der Waals surface area contributed by atoms with Gasteiger partial charge in [-0.25, -0.2) is 0 Å². The van der Waals surface area contributed by atoms with E-state index in [2.05, 4.69) is 47.9 Å². The minimum Gasteiger partial charge on any atom is -0.493 e. The van der Waals surface area contributed by atoms with E-state index in [0.717, 1.165) is 31.6 Å². The summed E-state index contributed by atoms with van der Waals surface area (Å²) in [5, 5.41) is 0. The van der Waals surface area contributed by atoms with Gasteiger partial charge in [-0.2, -0.15) is 0 Å². The van der Waals surface area contributed by atoms with E-state index in [1.54, 1.807) is 0 Å². The Hall–Kier alpha value is -1.84. The molecule has 2 atom stereocenters. The summed E-state index contributed by atoms with van der Waals surface area (Å²) in [6.07, 6.45) is 3.28. The van der Waals surface area contributed by atoms with Crippen LogP contribution in [0.1, 0.15) is 40.6 Å². The van der Waals surface area contributed by atoms with Gasteiger partial charge in [-0.15, -0.1) is 0 Å². The highest BCUT2D eigenvalue weighted by Crippen LogP contribution is 2.46. The number of nitrogens with one attached hydrogen (secondary N) is 1. The van der Waals surface area contributed by atoms with E-state index in [4.69, 9.17) is 10.6 Å². The van der Waals surface area contributed by atoms with E-state index in [1.807, 2.05) is 0 Å². The van der Waals surface area contributed by atoms with Gasteiger partial charge < -0.3 is 4.74 Å². The predicted molar refractivity (Wildman–Crippen MR) is 83.2 cm³/mol. The zero-order valence-electron chi connectivity index (χ0n) is 12.0. The first-order chi connectivity index (χ1) is 10.4. The standard InChI is InChI=1S/C18H20N2O/c19-20-17(16-11-13-5-1-2-8-14(13)16)15-9-3-6-12-7-4-10-21-18(12)15/h1-3,5-6,8-9,16-17,20H,4,7,10-11,19H2. The number of hydrazine groups is 1. The maximum atomic E-state index is 5.95. The van der Waals surface area contributed by atoms with Crippen molar-refractivity contribution in [1.82, 2.24) is 5.43 Å². The molecule has 0 bridgehead atoms. The van der Waals surface area contributed by atoms with E-state index >= 15 is 0 Å². The van der Waals surface area contributed by atoms with Crippen molar-refractivity contribution in [2.45, 2.75) is 31.2 Å². The van der Waals surface area contributed by atoms with Crippen molar-refractivity contribution in [3.8, 4) is 5.75 Å². The van der Waals surface area contributed by atoms with Crippen LogP contribution in [0.4, 0.5) is 0 Å². The van der Waals surface area contributed by atoms with Crippen LogP contribution in [0.5, 0.6) is 5.75 Å². The fraction of sp³-hybridized carbons (Fsp3) is 0.333. The van der Waals surface area contributed by atoms with E-state index in [-0.39, 0.29) is 6.04 Å². The Labute approximate surface area is 125 Å². The molecule has 3 nitrogen and oxygen atoms in total. The van der Waals surface area contributed by atoms with Crippen LogP contribution in [0.15, 0.2) is 42.5 Å². The van der Waals surface area contributed by atoms with Crippen molar-refractivity contribution in [1.29, 1.82) is 0 Å². The molecule has 1 aliphatic carbocycles. The highest BCUT2D eigenvalue weighted by Gasteiger charge is 2.35.